The van der Waals surface area contributed by atoms with E-state index in [0.29, 0.717) is 12.0 Å². The number of aromatic amines is 1. The zero-order chi connectivity index (χ0) is 33.2. The first kappa shape index (κ1) is 43.2. The van der Waals surface area contributed by atoms with E-state index in [1.807, 2.05) is 0 Å². The number of nitrogens with zero attached hydrogens (tertiary/aromatic N) is 1. The molecular formula is C44H87N2+. The summed E-state index contributed by atoms with van der Waals surface area (Å²) in [4.78, 5) is 3.77. The largest absolute Gasteiger partial charge is 0.257 e. The molecule has 1 aromatic rings. The number of nitrogens with one attached hydrogen (secondary N) is 1. The van der Waals surface area contributed by atoms with E-state index in [2.05, 4.69) is 49.6 Å². The molecule has 1 rings (SSSR count). The molecule has 46 heavy (non-hydrogen) atoms. The fourth-order valence-electron chi connectivity index (χ4n) is 7.66. The van der Waals surface area contributed by atoms with Crippen molar-refractivity contribution in [2.75, 3.05) is 0 Å². The summed E-state index contributed by atoms with van der Waals surface area (Å²) in [5.74, 6) is 2.25. The third kappa shape index (κ3) is 25.3. The summed E-state index contributed by atoms with van der Waals surface area (Å²) < 4.78 is 2.65. The number of imidazole rings is 1. The first-order valence-electron chi connectivity index (χ1n) is 21.8. The highest BCUT2D eigenvalue weighted by atomic mass is 15.1. The fourth-order valence-corrected chi connectivity index (χ4v) is 7.66. The lowest BCUT2D eigenvalue weighted by molar-refractivity contribution is -0.727. The monoisotopic (exact) mass is 644 g/mol. The Morgan fingerprint density at radius 2 is 0.696 bits per heavy atom. The van der Waals surface area contributed by atoms with Crippen molar-refractivity contribution in [2.45, 2.75) is 264 Å². The normalized spacial score (nSPS) is 13.0. The summed E-state index contributed by atoms with van der Waals surface area (Å²) in [5.41, 5.74) is 0. The molecule has 272 valence electrons. The Labute approximate surface area is 291 Å². The Balaban J connectivity index is 2.39. The maximum Gasteiger partial charge on any atom is 0.257 e. The van der Waals surface area contributed by atoms with E-state index in [1.54, 1.807) is 0 Å². The molecule has 0 spiro atoms. The van der Waals surface area contributed by atoms with Crippen molar-refractivity contribution in [1.29, 1.82) is 0 Å². The van der Waals surface area contributed by atoms with Gasteiger partial charge in [-0.2, -0.15) is 0 Å². The predicted molar refractivity (Wildman–Crippen MR) is 207 cm³/mol. The topological polar surface area (TPSA) is 19.7 Å². The summed E-state index contributed by atoms with van der Waals surface area (Å²) in [6, 6.07) is 0.618. The molecule has 0 fully saturated rings. The molecule has 0 aromatic carbocycles. The van der Waals surface area contributed by atoms with E-state index in [4.69, 9.17) is 0 Å². The number of unbranched alkanes of at least 4 members (excludes halogenated alkanes) is 29. The van der Waals surface area contributed by atoms with E-state index in [0.717, 1.165) is 0 Å². The lowest BCUT2D eigenvalue weighted by Crippen LogP contribution is -2.41. The van der Waals surface area contributed by atoms with E-state index >= 15 is 0 Å². The summed E-state index contributed by atoms with van der Waals surface area (Å²) in [5, 5.41) is 0. The van der Waals surface area contributed by atoms with Crippen LogP contribution < -0.4 is 4.57 Å². The van der Waals surface area contributed by atoms with Gasteiger partial charge in [-0.3, -0.25) is 0 Å². The lowest BCUT2D eigenvalue weighted by atomic mass is 9.92. The van der Waals surface area contributed by atoms with Gasteiger partial charge in [-0.15, -0.1) is 0 Å². The molecule has 0 aliphatic heterocycles. The standard InChI is InChI=1S/C44H86N2/c1-5-8-11-14-17-20-21-22-23-24-27-30-33-36-39-43(38-35-32-29-26-19-16-13-10-7-3)44-45-40-41-46(44)42(4)37-34-31-28-25-18-15-12-9-6-2/h40-43H,5-39H2,1-4H3/p+1. The highest BCUT2D eigenvalue weighted by Gasteiger charge is 2.25. The molecule has 0 bridgehead atoms. The molecule has 1 heterocycles. The first-order valence-corrected chi connectivity index (χ1v) is 21.8. The summed E-state index contributed by atoms with van der Waals surface area (Å²) in [6.07, 6.45) is 54.6. The molecule has 0 aliphatic carbocycles. The molecule has 1 N–H and O–H groups in total. The second-order valence-electron chi connectivity index (χ2n) is 15.4. The summed E-state index contributed by atoms with van der Waals surface area (Å²) in [6.45, 7) is 9.43. The SMILES string of the molecule is CCCCCCCCCCCCCCCCC(CCCCCCCCCCC)c1[nH]cc[n+]1C(C)CCCCCCCCCCC. The van der Waals surface area contributed by atoms with Gasteiger partial charge in [-0.05, 0) is 32.6 Å². The van der Waals surface area contributed by atoms with Gasteiger partial charge < -0.3 is 0 Å². The molecular weight excluding hydrogens is 556 g/mol. The third-order valence-corrected chi connectivity index (χ3v) is 10.9. The zero-order valence-corrected chi connectivity index (χ0v) is 32.5. The Bertz CT molecular complexity index is 709. The van der Waals surface area contributed by atoms with Crippen LogP contribution in [-0.2, 0) is 0 Å². The van der Waals surface area contributed by atoms with Crippen LogP contribution in [0.4, 0.5) is 0 Å². The van der Waals surface area contributed by atoms with Gasteiger partial charge in [0.2, 0.25) is 0 Å². The molecule has 0 saturated carbocycles. The Morgan fingerprint density at radius 1 is 0.413 bits per heavy atom. The van der Waals surface area contributed by atoms with Crippen LogP contribution in [0.25, 0.3) is 0 Å². The average Bonchev–Trinajstić information content (AvgIpc) is 3.56. The van der Waals surface area contributed by atoms with Crippen molar-refractivity contribution < 1.29 is 4.57 Å². The molecule has 2 unspecified atom stereocenters. The van der Waals surface area contributed by atoms with Gasteiger partial charge in [0.05, 0.1) is 12.0 Å². The smallest absolute Gasteiger partial charge is 0.247 e. The number of H-pyrrole nitrogens is 1. The minimum atomic E-state index is 0.618. The predicted octanol–water partition coefficient (Wildman–Crippen LogP) is 15.7. The van der Waals surface area contributed by atoms with E-state index in [9.17, 15) is 0 Å². The van der Waals surface area contributed by atoms with Crippen LogP contribution >= 0.6 is 0 Å². The molecule has 1 aromatic heterocycles. The van der Waals surface area contributed by atoms with Gasteiger partial charge in [0.25, 0.3) is 5.82 Å². The quantitative estimate of drug-likeness (QED) is 0.0550. The van der Waals surface area contributed by atoms with Crippen molar-refractivity contribution in [2.24, 2.45) is 0 Å². The van der Waals surface area contributed by atoms with Crippen LogP contribution in [0.2, 0.25) is 0 Å². The molecule has 0 amide bonds. The first-order chi connectivity index (χ1) is 22.7. The summed E-state index contributed by atoms with van der Waals surface area (Å²) >= 11 is 0. The summed E-state index contributed by atoms with van der Waals surface area (Å²) in [7, 11) is 0. The van der Waals surface area contributed by atoms with Gasteiger partial charge in [0.1, 0.15) is 12.4 Å². The Morgan fingerprint density at radius 3 is 1.02 bits per heavy atom. The van der Waals surface area contributed by atoms with Crippen LogP contribution in [0.1, 0.15) is 270 Å². The third-order valence-electron chi connectivity index (χ3n) is 10.9. The van der Waals surface area contributed by atoms with Crippen LogP contribution in [0.3, 0.4) is 0 Å². The van der Waals surface area contributed by atoms with Crippen molar-refractivity contribution >= 4 is 0 Å². The van der Waals surface area contributed by atoms with Gasteiger partial charge in [0.15, 0.2) is 0 Å². The van der Waals surface area contributed by atoms with Gasteiger partial charge >= 0.3 is 0 Å². The van der Waals surface area contributed by atoms with Crippen LogP contribution in [-0.4, -0.2) is 4.98 Å². The van der Waals surface area contributed by atoms with Gasteiger partial charge in [0, 0.05) is 0 Å². The minimum Gasteiger partial charge on any atom is -0.247 e. The maximum atomic E-state index is 3.77. The Hall–Kier alpha value is -0.790. The highest BCUT2D eigenvalue weighted by molar-refractivity contribution is 4.90. The molecule has 0 saturated heterocycles. The lowest BCUT2D eigenvalue weighted by Gasteiger charge is -2.17. The van der Waals surface area contributed by atoms with Crippen LogP contribution in [0.5, 0.6) is 0 Å². The molecule has 2 atom stereocenters. The van der Waals surface area contributed by atoms with Crippen molar-refractivity contribution in [1.82, 2.24) is 4.98 Å². The minimum absolute atomic E-state index is 0.618. The molecule has 2 nitrogen and oxygen atoms in total. The molecule has 2 heteroatoms. The second-order valence-corrected chi connectivity index (χ2v) is 15.4. The van der Waals surface area contributed by atoms with Crippen molar-refractivity contribution in [3.63, 3.8) is 0 Å². The number of hydrogen-bond donors (Lipinski definition) is 1. The van der Waals surface area contributed by atoms with Crippen LogP contribution in [0.15, 0.2) is 12.4 Å². The van der Waals surface area contributed by atoms with E-state index in [1.165, 1.54) is 231 Å². The highest BCUT2D eigenvalue weighted by Crippen LogP contribution is 2.27. The Kier molecular flexibility index (Phi) is 32.0. The zero-order valence-electron chi connectivity index (χ0n) is 32.5. The van der Waals surface area contributed by atoms with Crippen molar-refractivity contribution in [3.05, 3.63) is 18.2 Å². The van der Waals surface area contributed by atoms with E-state index in [-0.39, 0.29) is 0 Å². The second kappa shape index (κ2) is 34.1. The van der Waals surface area contributed by atoms with Crippen LogP contribution in [0, 0.1) is 0 Å². The average molecular weight is 644 g/mol. The number of hydrogen-bond acceptors (Lipinski definition) is 0. The molecule has 0 aliphatic rings. The maximum absolute atomic E-state index is 3.77. The van der Waals surface area contributed by atoms with Gasteiger partial charge in [-0.1, -0.05) is 220 Å². The fraction of sp³-hybridized carbons (Fsp3) is 0.932. The van der Waals surface area contributed by atoms with Crippen molar-refractivity contribution in [3.8, 4) is 0 Å². The van der Waals surface area contributed by atoms with Gasteiger partial charge in [-0.25, -0.2) is 9.55 Å². The number of aromatic nitrogens is 2. The number of rotatable bonds is 37. The molecule has 0 radical (unpaired) electrons. The van der Waals surface area contributed by atoms with E-state index < -0.39 is 0 Å².